The first-order valence-electron chi connectivity index (χ1n) is 8.73. The Morgan fingerprint density at radius 2 is 2.00 bits per heavy atom. The third-order valence-corrected chi connectivity index (χ3v) is 4.99. The molecular weight excluding hydrogens is 304 g/mol. The van der Waals surface area contributed by atoms with E-state index < -0.39 is 0 Å². The number of aromatic nitrogens is 2. The summed E-state index contributed by atoms with van der Waals surface area (Å²) in [5.74, 6) is 1.51. The molecule has 6 nitrogen and oxygen atoms in total. The average molecular weight is 326 g/mol. The maximum absolute atomic E-state index is 12.9. The molecule has 1 aromatic carbocycles. The van der Waals surface area contributed by atoms with E-state index in [0.717, 1.165) is 37.8 Å². The summed E-state index contributed by atoms with van der Waals surface area (Å²) in [4.78, 5) is 19.4. The minimum atomic E-state index is -0.170. The number of nitrogens with one attached hydrogen (secondary N) is 1. The molecule has 0 bridgehead atoms. The summed E-state index contributed by atoms with van der Waals surface area (Å²) in [6, 6.07) is 9.59. The van der Waals surface area contributed by atoms with Gasteiger partial charge in [-0.1, -0.05) is 48.3 Å². The number of rotatable bonds is 3. The molecule has 0 radical (unpaired) electrons. The third-order valence-electron chi connectivity index (χ3n) is 4.99. The molecule has 24 heavy (non-hydrogen) atoms. The first-order chi connectivity index (χ1) is 11.8. The van der Waals surface area contributed by atoms with E-state index in [0.29, 0.717) is 24.8 Å². The summed E-state index contributed by atoms with van der Waals surface area (Å²) >= 11 is 0. The van der Waals surface area contributed by atoms with Crippen LogP contribution in [-0.2, 0) is 4.79 Å². The van der Waals surface area contributed by atoms with E-state index in [1.165, 1.54) is 0 Å². The molecule has 2 aromatic rings. The van der Waals surface area contributed by atoms with Crippen molar-refractivity contribution in [3.8, 4) is 11.4 Å². The van der Waals surface area contributed by atoms with Crippen LogP contribution in [0.2, 0.25) is 0 Å². The SMILES string of the molecule is O=C(C1CCCC1)N1CCNCC1c1nc(-c2ccccc2)no1. The van der Waals surface area contributed by atoms with Crippen molar-refractivity contribution in [2.45, 2.75) is 31.7 Å². The number of amides is 1. The quantitative estimate of drug-likeness (QED) is 0.938. The van der Waals surface area contributed by atoms with E-state index >= 15 is 0 Å². The lowest BCUT2D eigenvalue weighted by molar-refractivity contribution is -0.139. The molecule has 1 N–H and O–H groups in total. The fraction of sp³-hybridized carbons (Fsp3) is 0.500. The molecule has 1 unspecified atom stereocenters. The van der Waals surface area contributed by atoms with Gasteiger partial charge in [0.15, 0.2) is 0 Å². The van der Waals surface area contributed by atoms with E-state index in [4.69, 9.17) is 4.52 Å². The van der Waals surface area contributed by atoms with Crippen LogP contribution in [-0.4, -0.2) is 40.6 Å². The van der Waals surface area contributed by atoms with Crippen LogP contribution in [0.25, 0.3) is 11.4 Å². The summed E-state index contributed by atoms with van der Waals surface area (Å²) < 4.78 is 5.51. The van der Waals surface area contributed by atoms with Crippen LogP contribution in [0.4, 0.5) is 0 Å². The Morgan fingerprint density at radius 1 is 1.21 bits per heavy atom. The van der Waals surface area contributed by atoms with Gasteiger partial charge >= 0.3 is 0 Å². The third kappa shape index (κ3) is 2.94. The van der Waals surface area contributed by atoms with Gasteiger partial charge < -0.3 is 14.7 Å². The zero-order valence-corrected chi connectivity index (χ0v) is 13.6. The van der Waals surface area contributed by atoms with Crippen LogP contribution in [0, 0.1) is 5.92 Å². The van der Waals surface area contributed by atoms with E-state index in [2.05, 4.69) is 15.5 Å². The lowest BCUT2D eigenvalue weighted by atomic mass is 10.0. The van der Waals surface area contributed by atoms with Crippen molar-refractivity contribution in [1.82, 2.24) is 20.4 Å². The predicted molar refractivity (Wildman–Crippen MR) is 89.0 cm³/mol. The van der Waals surface area contributed by atoms with Crippen LogP contribution in [0.3, 0.4) is 0 Å². The van der Waals surface area contributed by atoms with Gasteiger partial charge in [-0.05, 0) is 12.8 Å². The van der Waals surface area contributed by atoms with Gasteiger partial charge in [-0.25, -0.2) is 0 Å². The Labute approximate surface area is 141 Å². The monoisotopic (exact) mass is 326 g/mol. The first kappa shape index (κ1) is 15.3. The lowest BCUT2D eigenvalue weighted by Crippen LogP contribution is -2.50. The molecule has 6 heteroatoms. The first-order valence-corrected chi connectivity index (χ1v) is 8.73. The molecule has 1 saturated carbocycles. The highest BCUT2D eigenvalue weighted by atomic mass is 16.5. The minimum absolute atomic E-state index is 0.169. The lowest BCUT2D eigenvalue weighted by Gasteiger charge is -2.35. The topological polar surface area (TPSA) is 71.3 Å². The summed E-state index contributed by atoms with van der Waals surface area (Å²) in [6.07, 6.45) is 4.33. The maximum atomic E-state index is 12.9. The highest BCUT2D eigenvalue weighted by Crippen LogP contribution is 2.31. The van der Waals surface area contributed by atoms with Crippen molar-refractivity contribution < 1.29 is 9.32 Å². The average Bonchev–Trinajstić information content (AvgIpc) is 3.34. The molecule has 1 aromatic heterocycles. The molecule has 126 valence electrons. The van der Waals surface area contributed by atoms with Gasteiger partial charge in [0.2, 0.25) is 11.7 Å². The van der Waals surface area contributed by atoms with E-state index in [9.17, 15) is 4.79 Å². The summed E-state index contributed by atoms with van der Waals surface area (Å²) in [7, 11) is 0. The standard InChI is InChI=1S/C18H22N4O2/c23-18(14-8-4-5-9-14)22-11-10-19-12-15(22)17-20-16(21-24-17)13-6-2-1-3-7-13/h1-3,6-7,14-15,19H,4-5,8-12H2. The fourth-order valence-electron chi connectivity index (χ4n) is 3.67. The van der Waals surface area contributed by atoms with Crippen molar-refractivity contribution >= 4 is 5.91 Å². The predicted octanol–water partition coefficient (Wildman–Crippen LogP) is 2.40. The molecule has 1 aliphatic carbocycles. The summed E-state index contributed by atoms with van der Waals surface area (Å²) in [6.45, 7) is 2.17. The molecule has 1 saturated heterocycles. The molecule has 1 atom stereocenters. The summed E-state index contributed by atoms with van der Waals surface area (Å²) in [5.41, 5.74) is 0.921. The van der Waals surface area contributed by atoms with Crippen LogP contribution >= 0.6 is 0 Å². The van der Waals surface area contributed by atoms with Gasteiger partial charge in [0.05, 0.1) is 0 Å². The van der Waals surface area contributed by atoms with Gasteiger partial charge in [0, 0.05) is 31.1 Å². The summed E-state index contributed by atoms with van der Waals surface area (Å²) in [5, 5.41) is 7.44. The molecule has 2 heterocycles. The number of benzene rings is 1. The molecule has 0 spiro atoms. The Morgan fingerprint density at radius 3 is 2.79 bits per heavy atom. The second kappa shape index (κ2) is 6.73. The van der Waals surface area contributed by atoms with Gasteiger partial charge in [0.1, 0.15) is 6.04 Å². The van der Waals surface area contributed by atoms with E-state index in [-0.39, 0.29) is 17.9 Å². The Kier molecular flexibility index (Phi) is 4.30. The van der Waals surface area contributed by atoms with Gasteiger partial charge in [0.25, 0.3) is 5.89 Å². The normalized spacial score (nSPS) is 22.0. The van der Waals surface area contributed by atoms with Crippen LogP contribution in [0.1, 0.15) is 37.6 Å². The number of hydrogen-bond acceptors (Lipinski definition) is 5. The van der Waals surface area contributed by atoms with Crippen molar-refractivity contribution in [2.75, 3.05) is 19.6 Å². The largest absolute Gasteiger partial charge is 0.337 e. The fourth-order valence-corrected chi connectivity index (χ4v) is 3.67. The number of hydrogen-bond donors (Lipinski definition) is 1. The van der Waals surface area contributed by atoms with Crippen LogP contribution < -0.4 is 5.32 Å². The zero-order valence-electron chi connectivity index (χ0n) is 13.6. The minimum Gasteiger partial charge on any atom is -0.337 e. The molecule has 1 amide bonds. The van der Waals surface area contributed by atoms with Crippen molar-refractivity contribution in [3.63, 3.8) is 0 Å². The maximum Gasteiger partial charge on any atom is 0.251 e. The van der Waals surface area contributed by atoms with Gasteiger partial charge in [-0.3, -0.25) is 4.79 Å². The van der Waals surface area contributed by atoms with Crippen molar-refractivity contribution in [1.29, 1.82) is 0 Å². The van der Waals surface area contributed by atoms with Gasteiger partial charge in [-0.2, -0.15) is 4.98 Å². The second-order valence-corrected chi connectivity index (χ2v) is 6.56. The van der Waals surface area contributed by atoms with Crippen molar-refractivity contribution in [3.05, 3.63) is 36.2 Å². The molecule has 4 rings (SSSR count). The zero-order chi connectivity index (χ0) is 16.4. The van der Waals surface area contributed by atoms with Crippen LogP contribution in [0.15, 0.2) is 34.9 Å². The Balaban J connectivity index is 1.57. The van der Waals surface area contributed by atoms with Gasteiger partial charge in [-0.15, -0.1) is 0 Å². The molecule has 2 fully saturated rings. The number of carbonyl (C=O) groups is 1. The van der Waals surface area contributed by atoms with E-state index in [1.807, 2.05) is 35.2 Å². The Hall–Kier alpha value is -2.21. The van der Waals surface area contributed by atoms with E-state index in [1.54, 1.807) is 0 Å². The van der Waals surface area contributed by atoms with Crippen LogP contribution in [0.5, 0.6) is 0 Å². The van der Waals surface area contributed by atoms with Crippen molar-refractivity contribution in [2.24, 2.45) is 5.92 Å². The highest BCUT2D eigenvalue weighted by Gasteiger charge is 2.36. The molecule has 1 aliphatic heterocycles. The highest BCUT2D eigenvalue weighted by molar-refractivity contribution is 5.79. The second-order valence-electron chi connectivity index (χ2n) is 6.56. The number of nitrogens with zero attached hydrogens (tertiary/aromatic N) is 3. The number of piperazine rings is 1. The molecular formula is C18H22N4O2. The number of carbonyl (C=O) groups excluding carboxylic acids is 1. The smallest absolute Gasteiger partial charge is 0.251 e. The molecule has 2 aliphatic rings. The Bertz CT molecular complexity index is 694.